The van der Waals surface area contributed by atoms with Crippen LogP contribution < -0.4 is 5.73 Å². The molecular formula is C15H29NO2. The highest BCUT2D eigenvalue weighted by Crippen LogP contribution is 2.29. The number of esters is 1. The monoisotopic (exact) mass is 255 g/mol. The van der Waals surface area contributed by atoms with Gasteiger partial charge in [0.2, 0.25) is 0 Å². The van der Waals surface area contributed by atoms with Crippen LogP contribution in [-0.4, -0.2) is 18.6 Å². The second-order valence-electron chi connectivity index (χ2n) is 5.43. The van der Waals surface area contributed by atoms with E-state index < -0.39 is 0 Å². The van der Waals surface area contributed by atoms with Crippen LogP contribution in [0.4, 0.5) is 0 Å². The number of unbranched alkanes of at least 4 members (excludes halogenated alkanes) is 3. The van der Waals surface area contributed by atoms with Crippen molar-refractivity contribution < 1.29 is 9.53 Å². The molecular weight excluding hydrogens is 226 g/mol. The molecule has 0 aromatic heterocycles. The van der Waals surface area contributed by atoms with E-state index in [1.165, 1.54) is 19.3 Å². The van der Waals surface area contributed by atoms with Gasteiger partial charge in [-0.3, -0.25) is 4.79 Å². The van der Waals surface area contributed by atoms with Crippen LogP contribution in [0.2, 0.25) is 0 Å². The predicted octanol–water partition coefficient (Wildman–Crippen LogP) is 3.41. The van der Waals surface area contributed by atoms with Crippen LogP contribution in [0.3, 0.4) is 0 Å². The third-order valence-electron chi connectivity index (χ3n) is 3.98. The van der Waals surface area contributed by atoms with E-state index >= 15 is 0 Å². The first-order valence-corrected chi connectivity index (χ1v) is 7.67. The highest BCUT2D eigenvalue weighted by Gasteiger charge is 2.26. The topological polar surface area (TPSA) is 52.3 Å². The van der Waals surface area contributed by atoms with Crippen LogP contribution in [0.5, 0.6) is 0 Å². The fourth-order valence-corrected chi connectivity index (χ4v) is 2.79. The van der Waals surface area contributed by atoms with Crippen LogP contribution in [-0.2, 0) is 9.53 Å². The number of carbonyl (C=O) groups excluding carboxylic acids is 1. The predicted molar refractivity (Wildman–Crippen MR) is 74.3 cm³/mol. The average molecular weight is 255 g/mol. The Bertz CT molecular complexity index is 231. The van der Waals surface area contributed by atoms with Crippen LogP contribution in [0.25, 0.3) is 0 Å². The molecule has 2 atom stereocenters. The van der Waals surface area contributed by atoms with Crippen LogP contribution in [0.15, 0.2) is 0 Å². The first kappa shape index (κ1) is 15.5. The molecule has 1 saturated carbocycles. The summed E-state index contributed by atoms with van der Waals surface area (Å²) in [6.45, 7) is 2.95. The maximum Gasteiger partial charge on any atom is 0.306 e. The van der Waals surface area contributed by atoms with Gasteiger partial charge in [0.1, 0.15) is 6.10 Å². The smallest absolute Gasteiger partial charge is 0.306 e. The molecule has 0 aromatic rings. The molecule has 1 aliphatic rings. The Morgan fingerprint density at radius 3 is 2.61 bits per heavy atom. The van der Waals surface area contributed by atoms with Crippen molar-refractivity contribution in [1.29, 1.82) is 0 Å². The largest absolute Gasteiger partial charge is 0.462 e. The molecule has 106 valence electrons. The van der Waals surface area contributed by atoms with Gasteiger partial charge in [0, 0.05) is 6.42 Å². The maximum atomic E-state index is 11.8. The Morgan fingerprint density at radius 1 is 1.17 bits per heavy atom. The Balaban J connectivity index is 2.14. The molecule has 1 rings (SSSR count). The summed E-state index contributed by atoms with van der Waals surface area (Å²) in [5.41, 5.74) is 5.43. The van der Waals surface area contributed by atoms with Crippen molar-refractivity contribution in [3.05, 3.63) is 0 Å². The van der Waals surface area contributed by atoms with Crippen molar-refractivity contribution in [3.63, 3.8) is 0 Å². The van der Waals surface area contributed by atoms with Crippen LogP contribution >= 0.6 is 0 Å². The molecule has 0 heterocycles. The lowest BCUT2D eigenvalue weighted by molar-refractivity contribution is -0.153. The number of nitrogens with two attached hydrogens (primary N) is 1. The highest BCUT2D eigenvalue weighted by atomic mass is 16.5. The van der Waals surface area contributed by atoms with Crippen molar-refractivity contribution in [2.75, 3.05) is 6.54 Å². The number of hydrogen-bond donors (Lipinski definition) is 1. The third kappa shape index (κ3) is 5.85. The van der Waals surface area contributed by atoms with Crippen molar-refractivity contribution in [3.8, 4) is 0 Å². The van der Waals surface area contributed by atoms with E-state index in [0.717, 1.165) is 45.1 Å². The van der Waals surface area contributed by atoms with Gasteiger partial charge < -0.3 is 10.5 Å². The van der Waals surface area contributed by atoms with Gasteiger partial charge in [-0.15, -0.1) is 0 Å². The van der Waals surface area contributed by atoms with Crippen molar-refractivity contribution in [2.45, 2.75) is 77.2 Å². The van der Waals surface area contributed by atoms with Gasteiger partial charge in [0.05, 0.1) is 0 Å². The van der Waals surface area contributed by atoms with E-state index in [1.54, 1.807) is 0 Å². The maximum absolute atomic E-state index is 11.8. The Labute approximate surface area is 111 Å². The van der Waals surface area contributed by atoms with Gasteiger partial charge in [-0.1, -0.05) is 26.2 Å². The normalized spacial score (nSPS) is 23.9. The Kier molecular flexibility index (Phi) is 8.06. The fraction of sp³-hybridized carbons (Fsp3) is 0.933. The van der Waals surface area contributed by atoms with E-state index in [2.05, 4.69) is 6.92 Å². The molecule has 0 spiro atoms. The van der Waals surface area contributed by atoms with E-state index in [9.17, 15) is 4.79 Å². The Morgan fingerprint density at radius 2 is 1.89 bits per heavy atom. The first-order valence-electron chi connectivity index (χ1n) is 7.67. The standard InChI is InChI=1S/C15H29NO2/c1-2-13-9-6-7-10-14(13)18-15(17)11-5-3-4-8-12-16/h13-14H,2-12,16H2,1H3. The zero-order chi connectivity index (χ0) is 13.2. The minimum atomic E-state index is 0.00750. The molecule has 1 aliphatic carbocycles. The molecule has 2 unspecified atom stereocenters. The van der Waals surface area contributed by atoms with Crippen LogP contribution in [0.1, 0.15) is 71.1 Å². The van der Waals surface area contributed by atoms with E-state index in [4.69, 9.17) is 10.5 Å². The van der Waals surface area contributed by atoms with Gasteiger partial charge in [0.15, 0.2) is 0 Å². The third-order valence-corrected chi connectivity index (χ3v) is 3.98. The first-order chi connectivity index (χ1) is 8.77. The van der Waals surface area contributed by atoms with Crippen molar-refractivity contribution in [2.24, 2.45) is 11.7 Å². The minimum absolute atomic E-state index is 0.00750. The summed E-state index contributed by atoms with van der Waals surface area (Å²) in [5, 5.41) is 0. The molecule has 0 saturated heterocycles. The second kappa shape index (κ2) is 9.37. The summed E-state index contributed by atoms with van der Waals surface area (Å²) in [7, 11) is 0. The summed E-state index contributed by atoms with van der Waals surface area (Å²) in [6, 6.07) is 0. The number of rotatable bonds is 8. The lowest BCUT2D eigenvalue weighted by Crippen LogP contribution is -2.29. The molecule has 2 N–H and O–H groups in total. The SMILES string of the molecule is CCC1CCCCC1OC(=O)CCCCCCN. The summed E-state index contributed by atoms with van der Waals surface area (Å²) in [4.78, 5) is 11.8. The molecule has 0 radical (unpaired) electrons. The van der Waals surface area contributed by atoms with Gasteiger partial charge in [-0.05, 0) is 51.0 Å². The van der Waals surface area contributed by atoms with Crippen molar-refractivity contribution >= 4 is 5.97 Å². The minimum Gasteiger partial charge on any atom is -0.462 e. The van der Waals surface area contributed by atoms with Gasteiger partial charge >= 0.3 is 5.97 Å². The molecule has 0 amide bonds. The Hall–Kier alpha value is -0.570. The number of carbonyl (C=O) groups is 1. The lowest BCUT2D eigenvalue weighted by atomic mass is 9.85. The summed E-state index contributed by atoms with van der Waals surface area (Å²) in [5.74, 6) is 0.605. The quantitative estimate of drug-likeness (QED) is 0.534. The van der Waals surface area contributed by atoms with Gasteiger partial charge in [0.25, 0.3) is 0 Å². The summed E-state index contributed by atoms with van der Waals surface area (Å²) >= 11 is 0. The van der Waals surface area contributed by atoms with Crippen molar-refractivity contribution in [1.82, 2.24) is 0 Å². The van der Waals surface area contributed by atoms with Gasteiger partial charge in [-0.2, -0.15) is 0 Å². The summed E-state index contributed by atoms with van der Waals surface area (Å²) in [6.07, 6.45) is 10.9. The zero-order valence-electron chi connectivity index (χ0n) is 11.8. The molecule has 1 fully saturated rings. The fourth-order valence-electron chi connectivity index (χ4n) is 2.79. The summed E-state index contributed by atoms with van der Waals surface area (Å²) < 4.78 is 5.64. The molecule has 0 bridgehead atoms. The average Bonchev–Trinajstić information content (AvgIpc) is 2.39. The van der Waals surface area contributed by atoms with Gasteiger partial charge in [-0.25, -0.2) is 0 Å². The zero-order valence-corrected chi connectivity index (χ0v) is 11.8. The molecule has 3 nitrogen and oxygen atoms in total. The molecule has 3 heteroatoms. The molecule has 0 aromatic carbocycles. The number of hydrogen-bond acceptors (Lipinski definition) is 3. The van der Waals surface area contributed by atoms with E-state index in [1.807, 2.05) is 0 Å². The second-order valence-corrected chi connectivity index (χ2v) is 5.43. The lowest BCUT2D eigenvalue weighted by Gasteiger charge is -2.30. The van der Waals surface area contributed by atoms with E-state index in [0.29, 0.717) is 12.3 Å². The molecule has 0 aliphatic heterocycles. The van der Waals surface area contributed by atoms with Crippen LogP contribution in [0, 0.1) is 5.92 Å². The number of ether oxygens (including phenoxy) is 1. The molecule has 18 heavy (non-hydrogen) atoms. The highest BCUT2D eigenvalue weighted by molar-refractivity contribution is 5.69. The van der Waals surface area contributed by atoms with E-state index in [-0.39, 0.29) is 12.1 Å².